The molecule has 78 valence electrons. The van der Waals surface area contributed by atoms with Crippen molar-refractivity contribution in [2.45, 2.75) is 32.5 Å². The molecule has 1 aromatic rings. The van der Waals surface area contributed by atoms with Crippen LogP contribution in [0.3, 0.4) is 0 Å². The van der Waals surface area contributed by atoms with E-state index in [-0.39, 0.29) is 6.10 Å². The van der Waals surface area contributed by atoms with Crippen LogP contribution in [0.5, 0.6) is 0 Å². The van der Waals surface area contributed by atoms with E-state index in [1.807, 2.05) is 18.2 Å². The minimum Gasteiger partial charge on any atom is -0.393 e. The molecule has 0 radical (unpaired) electrons. The normalized spacial score (nSPS) is 12.9. The van der Waals surface area contributed by atoms with Gasteiger partial charge in [-0.2, -0.15) is 0 Å². The third-order valence-electron chi connectivity index (χ3n) is 2.31. The predicted octanol–water partition coefficient (Wildman–Crippen LogP) is 0.527. The molecule has 0 aromatic heterocycles. The van der Waals surface area contributed by atoms with Gasteiger partial charge in [-0.15, -0.1) is 0 Å². The first-order valence-electron chi connectivity index (χ1n) is 4.86. The number of aliphatic hydroxyl groups is 1. The first-order valence-corrected chi connectivity index (χ1v) is 4.86. The molecule has 1 aromatic carbocycles. The topological polar surface area (TPSA) is 72.3 Å². The Balaban J connectivity index is 3.05. The van der Waals surface area contributed by atoms with Crippen LogP contribution in [0.2, 0.25) is 0 Å². The summed E-state index contributed by atoms with van der Waals surface area (Å²) in [5.41, 5.74) is 14.5. The van der Waals surface area contributed by atoms with Gasteiger partial charge in [-0.05, 0) is 30.0 Å². The highest BCUT2D eigenvalue weighted by Gasteiger charge is 2.08. The van der Waals surface area contributed by atoms with Gasteiger partial charge < -0.3 is 16.6 Å². The van der Waals surface area contributed by atoms with Gasteiger partial charge in [0, 0.05) is 13.1 Å². The fraction of sp³-hybridized carbons (Fsp3) is 0.455. The van der Waals surface area contributed by atoms with Gasteiger partial charge in [-0.1, -0.05) is 18.2 Å². The van der Waals surface area contributed by atoms with Gasteiger partial charge in [0.1, 0.15) is 0 Å². The van der Waals surface area contributed by atoms with Crippen molar-refractivity contribution in [3.05, 3.63) is 34.9 Å². The van der Waals surface area contributed by atoms with Gasteiger partial charge in [0.2, 0.25) is 0 Å². The molecule has 3 nitrogen and oxygen atoms in total. The smallest absolute Gasteiger partial charge is 0.0552 e. The van der Waals surface area contributed by atoms with E-state index in [0.717, 1.165) is 16.7 Å². The summed E-state index contributed by atoms with van der Waals surface area (Å²) >= 11 is 0. The first kappa shape index (κ1) is 11.2. The Kier molecular flexibility index (Phi) is 4.07. The van der Waals surface area contributed by atoms with Crippen LogP contribution in [-0.4, -0.2) is 11.2 Å². The molecule has 0 saturated carbocycles. The van der Waals surface area contributed by atoms with Crippen molar-refractivity contribution in [3.8, 4) is 0 Å². The first-order chi connectivity index (χ1) is 6.69. The zero-order valence-corrected chi connectivity index (χ0v) is 8.53. The van der Waals surface area contributed by atoms with Crippen LogP contribution in [-0.2, 0) is 19.5 Å². The number of rotatable bonds is 4. The van der Waals surface area contributed by atoms with Gasteiger partial charge in [-0.25, -0.2) is 0 Å². The fourth-order valence-electron chi connectivity index (χ4n) is 1.63. The average molecular weight is 194 g/mol. The second-order valence-corrected chi connectivity index (χ2v) is 3.52. The summed E-state index contributed by atoms with van der Waals surface area (Å²) in [6.07, 6.45) is 0.271. The summed E-state index contributed by atoms with van der Waals surface area (Å²) in [5, 5.41) is 9.36. The van der Waals surface area contributed by atoms with Gasteiger partial charge in [0.25, 0.3) is 0 Å². The lowest BCUT2D eigenvalue weighted by Crippen LogP contribution is -2.13. The number of nitrogens with two attached hydrogens (primary N) is 2. The van der Waals surface area contributed by atoms with Crippen molar-refractivity contribution in [2.24, 2.45) is 11.5 Å². The van der Waals surface area contributed by atoms with E-state index in [4.69, 9.17) is 11.5 Å². The average Bonchev–Trinajstić information content (AvgIpc) is 2.17. The highest BCUT2D eigenvalue weighted by atomic mass is 16.3. The third kappa shape index (κ3) is 2.54. The molecular formula is C11H18N2O. The van der Waals surface area contributed by atoms with E-state index in [1.165, 1.54) is 0 Å². The molecule has 0 spiro atoms. The minimum absolute atomic E-state index is 0.354. The monoisotopic (exact) mass is 194 g/mol. The van der Waals surface area contributed by atoms with Gasteiger partial charge in [0.15, 0.2) is 0 Å². The molecule has 0 aliphatic rings. The molecule has 0 amide bonds. The van der Waals surface area contributed by atoms with Crippen LogP contribution in [0.15, 0.2) is 18.2 Å². The Bertz CT molecular complexity index is 275. The zero-order valence-electron chi connectivity index (χ0n) is 8.53. The van der Waals surface area contributed by atoms with Gasteiger partial charge >= 0.3 is 0 Å². The Labute approximate surface area is 84.7 Å². The maximum atomic E-state index is 9.36. The second-order valence-electron chi connectivity index (χ2n) is 3.52. The zero-order chi connectivity index (χ0) is 10.6. The van der Waals surface area contributed by atoms with E-state index >= 15 is 0 Å². The molecule has 0 aliphatic heterocycles. The third-order valence-corrected chi connectivity index (χ3v) is 2.31. The molecule has 0 saturated heterocycles. The number of hydrogen-bond donors (Lipinski definition) is 3. The summed E-state index contributed by atoms with van der Waals surface area (Å²) in [4.78, 5) is 0. The summed E-state index contributed by atoms with van der Waals surface area (Å²) in [5.74, 6) is 0. The molecule has 0 bridgehead atoms. The lowest BCUT2D eigenvalue weighted by atomic mass is 9.96. The summed E-state index contributed by atoms with van der Waals surface area (Å²) < 4.78 is 0. The van der Waals surface area contributed by atoms with Crippen molar-refractivity contribution in [3.63, 3.8) is 0 Å². The van der Waals surface area contributed by atoms with Crippen molar-refractivity contribution >= 4 is 0 Å². The van der Waals surface area contributed by atoms with Crippen molar-refractivity contribution in [1.82, 2.24) is 0 Å². The minimum atomic E-state index is -0.354. The number of hydrogen-bond acceptors (Lipinski definition) is 3. The lowest BCUT2D eigenvalue weighted by Gasteiger charge is -2.14. The highest BCUT2D eigenvalue weighted by molar-refractivity contribution is 5.35. The standard InChI is InChI=1S/C11H18N2O/c1-8(14)5-11-9(6-12)3-2-4-10(11)7-13/h2-4,8,14H,5-7,12-13H2,1H3. The maximum Gasteiger partial charge on any atom is 0.0552 e. The van der Waals surface area contributed by atoms with E-state index in [2.05, 4.69) is 0 Å². The van der Waals surface area contributed by atoms with E-state index in [9.17, 15) is 5.11 Å². The molecular weight excluding hydrogens is 176 g/mol. The van der Waals surface area contributed by atoms with E-state index in [1.54, 1.807) is 6.92 Å². The van der Waals surface area contributed by atoms with Gasteiger partial charge in [-0.3, -0.25) is 0 Å². The molecule has 0 fully saturated rings. The Morgan fingerprint density at radius 2 is 1.71 bits per heavy atom. The molecule has 3 heteroatoms. The second kappa shape index (κ2) is 5.10. The number of benzene rings is 1. The molecule has 0 aliphatic carbocycles. The van der Waals surface area contributed by atoms with Gasteiger partial charge in [0.05, 0.1) is 6.10 Å². The van der Waals surface area contributed by atoms with Crippen LogP contribution < -0.4 is 11.5 Å². The van der Waals surface area contributed by atoms with Crippen LogP contribution in [0.25, 0.3) is 0 Å². The molecule has 1 rings (SSSR count). The van der Waals surface area contributed by atoms with E-state index < -0.39 is 0 Å². The summed E-state index contributed by atoms with van der Waals surface area (Å²) in [6, 6.07) is 5.92. The Hall–Kier alpha value is -0.900. The van der Waals surface area contributed by atoms with Crippen molar-refractivity contribution in [1.29, 1.82) is 0 Å². The maximum absolute atomic E-state index is 9.36. The number of aliphatic hydroxyl groups excluding tert-OH is 1. The SMILES string of the molecule is CC(O)Cc1c(CN)cccc1CN. The van der Waals surface area contributed by atoms with E-state index in [0.29, 0.717) is 19.5 Å². The largest absolute Gasteiger partial charge is 0.393 e. The van der Waals surface area contributed by atoms with Crippen LogP contribution >= 0.6 is 0 Å². The van der Waals surface area contributed by atoms with Crippen molar-refractivity contribution in [2.75, 3.05) is 0 Å². The molecule has 1 unspecified atom stereocenters. The van der Waals surface area contributed by atoms with Crippen LogP contribution in [0.4, 0.5) is 0 Å². The molecule has 5 N–H and O–H groups in total. The Morgan fingerprint density at radius 1 is 1.21 bits per heavy atom. The van der Waals surface area contributed by atoms with Crippen LogP contribution in [0, 0.1) is 0 Å². The summed E-state index contributed by atoms with van der Waals surface area (Å²) in [6.45, 7) is 2.76. The predicted molar refractivity (Wildman–Crippen MR) is 57.6 cm³/mol. The quantitative estimate of drug-likeness (QED) is 0.654. The fourth-order valence-corrected chi connectivity index (χ4v) is 1.63. The highest BCUT2D eigenvalue weighted by Crippen LogP contribution is 2.16. The summed E-state index contributed by atoms with van der Waals surface area (Å²) in [7, 11) is 0. The van der Waals surface area contributed by atoms with Crippen LogP contribution in [0.1, 0.15) is 23.6 Å². The van der Waals surface area contributed by atoms with Crippen molar-refractivity contribution < 1.29 is 5.11 Å². The molecule has 1 atom stereocenters. The molecule has 14 heavy (non-hydrogen) atoms. The lowest BCUT2D eigenvalue weighted by molar-refractivity contribution is 0.195. The molecule has 0 heterocycles. The Morgan fingerprint density at radius 3 is 2.07 bits per heavy atom.